The van der Waals surface area contributed by atoms with Crippen LogP contribution in [0.2, 0.25) is 0 Å². The number of amides is 1. The Morgan fingerprint density at radius 1 is 1.31 bits per heavy atom. The molecule has 1 aromatic carbocycles. The summed E-state index contributed by atoms with van der Waals surface area (Å²) in [5.41, 5.74) is 2.93. The summed E-state index contributed by atoms with van der Waals surface area (Å²) >= 11 is 0. The van der Waals surface area contributed by atoms with Gasteiger partial charge in [-0.2, -0.15) is 0 Å². The molecule has 140 valence electrons. The van der Waals surface area contributed by atoms with Crippen LogP contribution in [-0.4, -0.2) is 35.6 Å². The van der Waals surface area contributed by atoms with E-state index in [1.807, 2.05) is 45.0 Å². The zero-order valence-electron chi connectivity index (χ0n) is 16.5. The van der Waals surface area contributed by atoms with Crippen LogP contribution in [0.3, 0.4) is 0 Å². The first-order valence-electron chi connectivity index (χ1n) is 8.90. The summed E-state index contributed by atoms with van der Waals surface area (Å²) in [7, 11) is 5.11. The second-order valence-corrected chi connectivity index (χ2v) is 6.69. The number of likely N-dealkylation sites (N-methyl/N-ethyl adjacent to an activating group) is 1. The van der Waals surface area contributed by atoms with Gasteiger partial charge in [0.1, 0.15) is 11.3 Å². The molecule has 2 rings (SSSR count). The Morgan fingerprint density at radius 2 is 1.96 bits per heavy atom. The minimum atomic E-state index is -0.251. The fraction of sp³-hybridized carbons (Fsp3) is 0.429. The van der Waals surface area contributed by atoms with Gasteiger partial charge in [-0.05, 0) is 49.9 Å². The summed E-state index contributed by atoms with van der Waals surface area (Å²) in [5, 5.41) is 0. The van der Waals surface area contributed by atoms with Gasteiger partial charge in [0.05, 0.1) is 7.11 Å². The van der Waals surface area contributed by atoms with E-state index >= 15 is 0 Å². The van der Waals surface area contributed by atoms with Crippen molar-refractivity contribution in [2.75, 3.05) is 14.2 Å². The number of carbonyl (C=O) groups excluding carboxylic acids is 1. The molecule has 5 nitrogen and oxygen atoms in total. The van der Waals surface area contributed by atoms with E-state index in [9.17, 15) is 9.59 Å². The summed E-state index contributed by atoms with van der Waals surface area (Å²) in [4.78, 5) is 27.2. The van der Waals surface area contributed by atoms with Crippen LogP contribution in [0.1, 0.15) is 41.0 Å². The highest BCUT2D eigenvalue weighted by Crippen LogP contribution is 2.21. The van der Waals surface area contributed by atoms with Crippen LogP contribution in [0.5, 0.6) is 5.75 Å². The first-order valence-corrected chi connectivity index (χ1v) is 8.90. The fourth-order valence-electron chi connectivity index (χ4n) is 3.32. The first kappa shape index (κ1) is 19.8. The van der Waals surface area contributed by atoms with Gasteiger partial charge in [0.25, 0.3) is 11.5 Å². The van der Waals surface area contributed by atoms with Crippen LogP contribution < -0.4 is 10.3 Å². The highest BCUT2D eigenvalue weighted by molar-refractivity contribution is 5.94. The normalized spacial score (nSPS) is 11.9. The van der Waals surface area contributed by atoms with E-state index in [4.69, 9.17) is 4.74 Å². The van der Waals surface area contributed by atoms with Crippen molar-refractivity contribution < 1.29 is 9.53 Å². The predicted molar refractivity (Wildman–Crippen MR) is 104 cm³/mol. The lowest BCUT2D eigenvalue weighted by Crippen LogP contribution is -2.40. The molecule has 0 aliphatic carbocycles. The second kappa shape index (κ2) is 8.21. The third-order valence-corrected chi connectivity index (χ3v) is 5.01. The Balaban J connectivity index is 2.28. The largest absolute Gasteiger partial charge is 0.496 e. The molecule has 0 aliphatic rings. The van der Waals surface area contributed by atoms with Crippen molar-refractivity contribution >= 4 is 5.91 Å². The lowest BCUT2D eigenvalue weighted by Gasteiger charge is -2.26. The number of carbonyl (C=O) groups is 1. The van der Waals surface area contributed by atoms with Gasteiger partial charge in [0.2, 0.25) is 0 Å². The second-order valence-electron chi connectivity index (χ2n) is 6.69. The molecule has 1 amide bonds. The molecule has 0 unspecified atom stereocenters. The molecule has 1 heterocycles. The fourth-order valence-corrected chi connectivity index (χ4v) is 3.32. The molecule has 0 N–H and O–H groups in total. The SMILES string of the molecule is CCc1c(C)cc(C(=O)N(C)[C@H](C)Cc2ccccc2OC)c(=O)n1C. The smallest absolute Gasteiger partial charge is 0.263 e. The average Bonchev–Trinajstić information content (AvgIpc) is 2.64. The topological polar surface area (TPSA) is 51.5 Å². The number of hydrogen-bond donors (Lipinski definition) is 0. The minimum Gasteiger partial charge on any atom is -0.496 e. The third-order valence-electron chi connectivity index (χ3n) is 5.01. The van der Waals surface area contributed by atoms with Crippen LogP contribution in [0, 0.1) is 6.92 Å². The standard InChI is InChI=1S/C21H28N2O3/c1-7-18-14(2)12-17(21(25)23(18)5)20(24)22(4)15(3)13-16-10-8-9-11-19(16)26-6/h8-12,15H,7,13H2,1-6H3/t15-/m1/s1. The summed E-state index contributed by atoms with van der Waals surface area (Å²) < 4.78 is 6.98. The zero-order valence-corrected chi connectivity index (χ0v) is 16.5. The van der Waals surface area contributed by atoms with Gasteiger partial charge >= 0.3 is 0 Å². The molecule has 5 heteroatoms. The van der Waals surface area contributed by atoms with E-state index in [0.717, 1.165) is 29.0 Å². The lowest BCUT2D eigenvalue weighted by atomic mass is 10.0. The Kier molecular flexibility index (Phi) is 6.24. The van der Waals surface area contributed by atoms with Crippen molar-refractivity contribution in [3.05, 3.63) is 63.1 Å². The summed E-state index contributed by atoms with van der Waals surface area (Å²) in [6.45, 7) is 5.92. The van der Waals surface area contributed by atoms with Crippen LogP contribution in [0.25, 0.3) is 0 Å². The van der Waals surface area contributed by atoms with Gasteiger partial charge < -0.3 is 14.2 Å². The number of pyridine rings is 1. The number of aromatic nitrogens is 1. The number of para-hydroxylation sites is 1. The van der Waals surface area contributed by atoms with Gasteiger partial charge in [-0.1, -0.05) is 25.1 Å². The maximum absolute atomic E-state index is 12.9. The van der Waals surface area contributed by atoms with Crippen LogP contribution >= 0.6 is 0 Å². The molecular weight excluding hydrogens is 328 g/mol. The number of hydrogen-bond acceptors (Lipinski definition) is 3. The molecule has 0 bridgehead atoms. The molecule has 0 spiro atoms. The van der Waals surface area contributed by atoms with E-state index in [1.54, 1.807) is 36.7 Å². The average molecular weight is 356 g/mol. The van der Waals surface area contributed by atoms with E-state index in [-0.39, 0.29) is 23.1 Å². The highest BCUT2D eigenvalue weighted by atomic mass is 16.5. The summed E-state index contributed by atoms with van der Waals surface area (Å²) in [6.07, 6.45) is 1.41. The van der Waals surface area contributed by atoms with Gasteiger partial charge in [0, 0.05) is 25.8 Å². The zero-order chi connectivity index (χ0) is 19.4. The lowest BCUT2D eigenvalue weighted by molar-refractivity contribution is 0.0740. The maximum atomic E-state index is 12.9. The summed E-state index contributed by atoms with van der Waals surface area (Å²) in [6, 6.07) is 9.42. The molecular formula is C21H28N2O3. The number of ether oxygens (including phenoxy) is 1. The Labute approximate surface area is 155 Å². The van der Waals surface area contributed by atoms with Crippen molar-refractivity contribution in [3.8, 4) is 5.75 Å². The number of methoxy groups -OCH3 is 1. The Morgan fingerprint density at radius 3 is 2.58 bits per heavy atom. The van der Waals surface area contributed by atoms with Gasteiger partial charge in [-0.3, -0.25) is 9.59 Å². The number of nitrogens with zero attached hydrogens (tertiary/aromatic N) is 2. The number of rotatable bonds is 6. The Hall–Kier alpha value is -2.56. The minimum absolute atomic E-state index is 0.0744. The summed E-state index contributed by atoms with van der Waals surface area (Å²) in [5.74, 6) is 0.554. The van der Waals surface area contributed by atoms with E-state index < -0.39 is 0 Å². The maximum Gasteiger partial charge on any atom is 0.263 e. The van der Waals surface area contributed by atoms with E-state index in [1.165, 1.54) is 0 Å². The highest BCUT2D eigenvalue weighted by Gasteiger charge is 2.23. The number of benzene rings is 1. The van der Waals surface area contributed by atoms with E-state index in [0.29, 0.717) is 6.42 Å². The molecule has 0 radical (unpaired) electrons. The van der Waals surface area contributed by atoms with Crippen molar-refractivity contribution in [1.82, 2.24) is 9.47 Å². The molecule has 0 saturated carbocycles. The molecule has 0 saturated heterocycles. The molecule has 2 aromatic rings. The van der Waals surface area contributed by atoms with Gasteiger partial charge in [0.15, 0.2) is 0 Å². The monoisotopic (exact) mass is 356 g/mol. The van der Waals surface area contributed by atoms with Gasteiger partial charge in [-0.25, -0.2) is 0 Å². The number of aryl methyl sites for hydroxylation is 1. The van der Waals surface area contributed by atoms with Crippen molar-refractivity contribution in [2.24, 2.45) is 7.05 Å². The van der Waals surface area contributed by atoms with Crippen molar-refractivity contribution in [3.63, 3.8) is 0 Å². The van der Waals surface area contributed by atoms with Gasteiger partial charge in [-0.15, -0.1) is 0 Å². The predicted octanol–water partition coefficient (Wildman–Crippen LogP) is 2.97. The molecule has 0 aliphatic heterocycles. The van der Waals surface area contributed by atoms with Crippen molar-refractivity contribution in [2.45, 2.75) is 39.7 Å². The van der Waals surface area contributed by atoms with Crippen LogP contribution in [0.4, 0.5) is 0 Å². The quantitative estimate of drug-likeness (QED) is 0.800. The third kappa shape index (κ3) is 3.82. The van der Waals surface area contributed by atoms with Crippen LogP contribution in [0.15, 0.2) is 35.1 Å². The molecule has 0 fully saturated rings. The molecule has 1 atom stereocenters. The van der Waals surface area contributed by atoms with E-state index in [2.05, 4.69) is 0 Å². The Bertz CT molecular complexity index is 855. The molecule has 1 aromatic heterocycles. The van der Waals surface area contributed by atoms with Crippen molar-refractivity contribution in [1.29, 1.82) is 0 Å². The first-order chi connectivity index (χ1) is 12.3. The van der Waals surface area contributed by atoms with Crippen LogP contribution in [-0.2, 0) is 19.9 Å². The molecule has 26 heavy (non-hydrogen) atoms.